The van der Waals surface area contributed by atoms with Crippen molar-refractivity contribution in [3.63, 3.8) is 0 Å². The Morgan fingerprint density at radius 1 is 1.31 bits per heavy atom. The topological polar surface area (TPSA) is 35.2 Å². The lowest BCUT2D eigenvalue weighted by molar-refractivity contribution is 0.317. The Hall–Kier alpha value is -1.02. The Morgan fingerprint density at radius 2 is 2.00 bits per heavy atom. The van der Waals surface area contributed by atoms with Crippen LogP contribution in [0.2, 0.25) is 0 Å². The fourth-order valence-electron chi connectivity index (χ4n) is 1.88. The van der Waals surface area contributed by atoms with E-state index in [-0.39, 0.29) is 6.04 Å². The van der Waals surface area contributed by atoms with Crippen LogP contribution in [0.4, 0.5) is 0 Å². The second kappa shape index (κ2) is 5.35. The molecule has 2 rings (SSSR count). The summed E-state index contributed by atoms with van der Waals surface area (Å²) in [5.41, 5.74) is 7.38. The van der Waals surface area contributed by atoms with Crippen molar-refractivity contribution in [1.82, 2.24) is 0 Å². The monoisotopic (exact) mass is 219 g/mol. The van der Waals surface area contributed by atoms with Crippen LogP contribution in [-0.2, 0) is 0 Å². The molecule has 1 atom stereocenters. The molecule has 1 aromatic carbocycles. The van der Waals surface area contributed by atoms with Gasteiger partial charge in [-0.25, -0.2) is 0 Å². The second-order valence-corrected chi connectivity index (χ2v) is 4.70. The van der Waals surface area contributed by atoms with Crippen molar-refractivity contribution in [2.45, 2.75) is 38.6 Å². The van der Waals surface area contributed by atoms with E-state index in [4.69, 9.17) is 10.5 Å². The highest BCUT2D eigenvalue weighted by molar-refractivity contribution is 5.29. The molecule has 2 heteroatoms. The SMILES string of the molecule is CCCOc1ccc(C(N)CC2CC2)cc1. The van der Waals surface area contributed by atoms with Gasteiger partial charge < -0.3 is 10.5 Å². The molecule has 0 aromatic heterocycles. The molecule has 0 saturated heterocycles. The van der Waals surface area contributed by atoms with E-state index in [1.165, 1.54) is 18.4 Å². The molecule has 0 spiro atoms. The summed E-state index contributed by atoms with van der Waals surface area (Å²) in [7, 11) is 0. The van der Waals surface area contributed by atoms with Gasteiger partial charge >= 0.3 is 0 Å². The Labute approximate surface area is 97.8 Å². The van der Waals surface area contributed by atoms with E-state index in [1.54, 1.807) is 0 Å². The molecule has 1 aliphatic rings. The Kier molecular flexibility index (Phi) is 3.83. The Balaban J connectivity index is 1.89. The summed E-state index contributed by atoms with van der Waals surface area (Å²) in [5, 5.41) is 0. The number of hydrogen-bond acceptors (Lipinski definition) is 2. The number of ether oxygens (including phenoxy) is 1. The molecule has 88 valence electrons. The first-order valence-corrected chi connectivity index (χ1v) is 6.28. The number of benzene rings is 1. The van der Waals surface area contributed by atoms with E-state index >= 15 is 0 Å². The normalized spacial score (nSPS) is 17.1. The first-order chi connectivity index (χ1) is 7.79. The minimum absolute atomic E-state index is 0.202. The van der Waals surface area contributed by atoms with Crippen LogP contribution >= 0.6 is 0 Å². The van der Waals surface area contributed by atoms with Gasteiger partial charge in [-0.05, 0) is 36.5 Å². The Morgan fingerprint density at radius 3 is 2.56 bits per heavy atom. The quantitative estimate of drug-likeness (QED) is 0.797. The van der Waals surface area contributed by atoms with Crippen LogP contribution in [0.3, 0.4) is 0 Å². The molecular weight excluding hydrogens is 198 g/mol. The van der Waals surface area contributed by atoms with Crippen molar-refractivity contribution < 1.29 is 4.74 Å². The molecule has 2 nitrogen and oxygen atoms in total. The van der Waals surface area contributed by atoms with Gasteiger partial charge in [0.1, 0.15) is 5.75 Å². The van der Waals surface area contributed by atoms with Gasteiger partial charge in [0.15, 0.2) is 0 Å². The van der Waals surface area contributed by atoms with Crippen LogP contribution in [0, 0.1) is 5.92 Å². The van der Waals surface area contributed by atoms with Crippen molar-refractivity contribution in [3.05, 3.63) is 29.8 Å². The van der Waals surface area contributed by atoms with Crippen LogP contribution in [0.25, 0.3) is 0 Å². The molecule has 0 bridgehead atoms. The summed E-state index contributed by atoms with van der Waals surface area (Å²) in [6.07, 6.45) is 4.91. The highest BCUT2D eigenvalue weighted by Crippen LogP contribution is 2.36. The Bertz CT molecular complexity index is 316. The highest BCUT2D eigenvalue weighted by atomic mass is 16.5. The molecule has 0 aliphatic heterocycles. The van der Waals surface area contributed by atoms with Crippen molar-refractivity contribution in [2.24, 2.45) is 11.7 Å². The average molecular weight is 219 g/mol. The van der Waals surface area contributed by atoms with Gasteiger partial charge in [-0.3, -0.25) is 0 Å². The van der Waals surface area contributed by atoms with E-state index in [0.717, 1.165) is 31.1 Å². The van der Waals surface area contributed by atoms with E-state index in [9.17, 15) is 0 Å². The van der Waals surface area contributed by atoms with Crippen LogP contribution in [0.1, 0.15) is 44.2 Å². The lowest BCUT2D eigenvalue weighted by atomic mass is 10.0. The van der Waals surface area contributed by atoms with Crippen LogP contribution in [0.5, 0.6) is 5.75 Å². The van der Waals surface area contributed by atoms with Gasteiger partial charge in [-0.2, -0.15) is 0 Å². The minimum atomic E-state index is 0.202. The van der Waals surface area contributed by atoms with Crippen molar-refractivity contribution in [2.75, 3.05) is 6.61 Å². The van der Waals surface area contributed by atoms with Gasteiger partial charge in [0, 0.05) is 6.04 Å². The van der Waals surface area contributed by atoms with Gasteiger partial charge in [0.05, 0.1) is 6.61 Å². The number of nitrogens with two attached hydrogens (primary N) is 1. The zero-order valence-corrected chi connectivity index (χ0v) is 9.99. The molecule has 1 fully saturated rings. The van der Waals surface area contributed by atoms with Crippen molar-refractivity contribution in [3.8, 4) is 5.75 Å². The van der Waals surface area contributed by atoms with Crippen LogP contribution in [-0.4, -0.2) is 6.61 Å². The predicted molar refractivity (Wildman–Crippen MR) is 66.5 cm³/mol. The first kappa shape index (κ1) is 11.5. The van der Waals surface area contributed by atoms with Crippen molar-refractivity contribution in [1.29, 1.82) is 0 Å². The standard InChI is InChI=1S/C14H21NO/c1-2-9-16-13-7-5-12(6-8-13)14(15)10-11-3-4-11/h5-8,11,14H,2-4,9-10,15H2,1H3. The molecule has 2 N–H and O–H groups in total. The molecule has 16 heavy (non-hydrogen) atoms. The summed E-state index contributed by atoms with van der Waals surface area (Å²) in [6.45, 7) is 2.90. The molecule has 0 radical (unpaired) electrons. The summed E-state index contributed by atoms with van der Waals surface area (Å²) in [4.78, 5) is 0. The minimum Gasteiger partial charge on any atom is -0.494 e. The smallest absolute Gasteiger partial charge is 0.119 e. The van der Waals surface area contributed by atoms with Gasteiger partial charge in [-0.1, -0.05) is 31.9 Å². The number of hydrogen-bond donors (Lipinski definition) is 1. The molecule has 1 unspecified atom stereocenters. The van der Waals surface area contributed by atoms with E-state index in [1.807, 2.05) is 12.1 Å². The van der Waals surface area contributed by atoms with Crippen LogP contribution < -0.4 is 10.5 Å². The summed E-state index contributed by atoms with van der Waals surface area (Å²) < 4.78 is 5.54. The zero-order chi connectivity index (χ0) is 11.4. The largest absolute Gasteiger partial charge is 0.494 e. The fourth-order valence-corrected chi connectivity index (χ4v) is 1.88. The third-order valence-corrected chi connectivity index (χ3v) is 3.07. The zero-order valence-electron chi connectivity index (χ0n) is 9.99. The molecule has 1 aliphatic carbocycles. The van der Waals surface area contributed by atoms with E-state index in [2.05, 4.69) is 19.1 Å². The molecule has 0 amide bonds. The van der Waals surface area contributed by atoms with Crippen molar-refractivity contribution >= 4 is 0 Å². The maximum absolute atomic E-state index is 6.15. The van der Waals surface area contributed by atoms with Gasteiger partial charge in [0.2, 0.25) is 0 Å². The lowest BCUT2D eigenvalue weighted by Gasteiger charge is -2.12. The second-order valence-electron chi connectivity index (χ2n) is 4.70. The predicted octanol–water partition coefficient (Wildman–Crippen LogP) is 3.28. The average Bonchev–Trinajstić information content (AvgIpc) is 3.11. The molecular formula is C14H21NO. The van der Waals surface area contributed by atoms with E-state index < -0.39 is 0 Å². The lowest BCUT2D eigenvalue weighted by Crippen LogP contribution is -2.10. The first-order valence-electron chi connectivity index (χ1n) is 6.28. The number of rotatable bonds is 6. The molecule has 0 heterocycles. The van der Waals surface area contributed by atoms with Gasteiger partial charge in [-0.15, -0.1) is 0 Å². The highest BCUT2D eigenvalue weighted by Gasteiger charge is 2.24. The third-order valence-electron chi connectivity index (χ3n) is 3.07. The summed E-state index contributed by atoms with van der Waals surface area (Å²) in [5.74, 6) is 1.83. The fraction of sp³-hybridized carbons (Fsp3) is 0.571. The van der Waals surface area contributed by atoms with Gasteiger partial charge in [0.25, 0.3) is 0 Å². The molecule has 1 saturated carbocycles. The van der Waals surface area contributed by atoms with E-state index in [0.29, 0.717) is 0 Å². The summed E-state index contributed by atoms with van der Waals surface area (Å²) in [6, 6.07) is 8.44. The maximum Gasteiger partial charge on any atom is 0.119 e. The summed E-state index contributed by atoms with van der Waals surface area (Å²) >= 11 is 0. The third kappa shape index (κ3) is 3.24. The maximum atomic E-state index is 6.15. The van der Waals surface area contributed by atoms with Crippen LogP contribution in [0.15, 0.2) is 24.3 Å². The molecule has 1 aromatic rings.